The van der Waals surface area contributed by atoms with Crippen molar-refractivity contribution in [3.05, 3.63) is 46.6 Å². The van der Waals surface area contributed by atoms with E-state index in [9.17, 15) is 0 Å². The monoisotopic (exact) mass is 251 g/mol. The number of methoxy groups -OCH3 is 1. The van der Waals surface area contributed by atoms with Gasteiger partial charge in [-0.2, -0.15) is 0 Å². The topological polar surface area (TPSA) is 22.1 Å². The number of pyridine rings is 1. The van der Waals surface area contributed by atoms with Crippen LogP contribution in [0.4, 0.5) is 0 Å². The van der Waals surface area contributed by atoms with Crippen LogP contribution in [0.1, 0.15) is 28.8 Å². The van der Waals surface area contributed by atoms with E-state index in [2.05, 4.69) is 18.2 Å². The van der Waals surface area contributed by atoms with E-state index in [0.29, 0.717) is 0 Å². The van der Waals surface area contributed by atoms with E-state index in [1.54, 1.807) is 7.11 Å². The molecule has 0 bridgehead atoms. The maximum atomic E-state index is 5.32. The maximum Gasteiger partial charge on any atom is 0.119 e. The fraction of sp³-hybridized carbons (Fsp3) is 0.353. The summed E-state index contributed by atoms with van der Waals surface area (Å²) in [4.78, 5) is 4.95. The summed E-state index contributed by atoms with van der Waals surface area (Å²) in [7, 11) is 1.73. The Morgan fingerprint density at radius 1 is 0.947 bits per heavy atom. The van der Waals surface area contributed by atoms with Gasteiger partial charge in [-0.3, -0.25) is 4.98 Å². The first-order valence-corrected chi connectivity index (χ1v) is 7.04. The Balaban J connectivity index is 1.89. The van der Waals surface area contributed by atoms with Crippen molar-refractivity contribution in [1.29, 1.82) is 0 Å². The molecule has 2 nitrogen and oxygen atoms in total. The number of hydrogen-bond donors (Lipinski definition) is 0. The molecule has 0 radical (unpaired) electrons. The molecular formula is C17H17NO. The smallest absolute Gasteiger partial charge is 0.119 e. The summed E-state index contributed by atoms with van der Waals surface area (Å²) < 4.78 is 5.32. The van der Waals surface area contributed by atoms with Crippen LogP contribution in [0.2, 0.25) is 0 Å². The minimum absolute atomic E-state index is 0.948. The molecule has 0 fully saturated rings. The molecule has 1 aromatic carbocycles. The highest BCUT2D eigenvalue weighted by atomic mass is 16.5. The van der Waals surface area contributed by atoms with Crippen molar-refractivity contribution >= 4 is 0 Å². The van der Waals surface area contributed by atoms with Crippen molar-refractivity contribution in [1.82, 2.24) is 4.98 Å². The van der Waals surface area contributed by atoms with Crippen LogP contribution in [0.15, 0.2) is 24.3 Å². The fourth-order valence-corrected chi connectivity index (χ4v) is 3.35. The van der Waals surface area contributed by atoms with Gasteiger partial charge in [0, 0.05) is 11.3 Å². The van der Waals surface area contributed by atoms with Crippen molar-refractivity contribution in [2.45, 2.75) is 32.1 Å². The van der Waals surface area contributed by atoms with Crippen molar-refractivity contribution in [3.8, 4) is 17.0 Å². The molecule has 0 saturated carbocycles. The zero-order chi connectivity index (χ0) is 12.8. The highest BCUT2D eigenvalue weighted by Crippen LogP contribution is 2.36. The summed E-state index contributed by atoms with van der Waals surface area (Å²) in [5.74, 6) is 0.948. The van der Waals surface area contributed by atoms with E-state index in [0.717, 1.165) is 25.0 Å². The minimum atomic E-state index is 0.948. The molecule has 19 heavy (non-hydrogen) atoms. The Kier molecular flexibility index (Phi) is 2.37. The first kappa shape index (κ1) is 11.0. The number of nitrogens with zero attached hydrogens (tertiary/aromatic N) is 1. The molecule has 4 rings (SSSR count). The standard InChI is InChI=1S/C17H17NO/c1-19-14-7-8-15-11(10-14)5-6-13-9-12-3-2-4-16(12)18-17(13)15/h7-10H,2-6H2,1H3. The Bertz CT molecular complexity index is 661. The molecule has 96 valence electrons. The molecule has 2 heteroatoms. The van der Waals surface area contributed by atoms with Gasteiger partial charge in [-0.1, -0.05) is 6.07 Å². The van der Waals surface area contributed by atoms with Crippen molar-refractivity contribution in [3.63, 3.8) is 0 Å². The lowest BCUT2D eigenvalue weighted by Crippen LogP contribution is -2.08. The van der Waals surface area contributed by atoms with Crippen LogP contribution in [0.25, 0.3) is 11.3 Å². The summed E-state index contributed by atoms with van der Waals surface area (Å²) in [5, 5.41) is 0. The van der Waals surface area contributed by atoms with Crippen LogP contribution in [0.5, 0.6) is 5.75 Å². The van der Waals surface area contributed by atoms with Gasteiger partial charge in [-0.05, 0) is 67.0 Å². The second kappa shape index (κ2) is 4.09. The Labute approximate surface area is 113 Å². The van der Waals surface area contributed by atoms with Gasteiger partial charge in [-0.15, -0.1) is 0 Å². The zero-order valence-corrected chi connectivity index (χ0v) is 11.2. The molecule has 1 heterocycles. The molecule has 2 aromatic rings. The SMILES string of the molecule is COc1ccc2c(c1)CCc1cc3c(nc1-2)CCC3. The van der Waals surface area contributed by atoms with E-state index < -0.39 is 0 Å². The molecule has 1 aromatic heterocycles. The Morgan fingerprint density at radius 3 is 2.74 bits per heavy atom. The number of aryl methyl sites for hydroxylation is 4. The van der Waals surface area contributed by atoms with Gasteiger partial charge in [0.1, 0.15) is 5.75 Å². The highest BCUT2D eigenvalue weighted by Gasteiger charge is 2.22. The molecule has 0 N–H and O–H groups in total. The van der Waals surface area contributed by atoms with Crippen molar-refractivity contribution in [2.24, 2.45) is 0 Å². The lowest BCUT2D eigenvalue weighted by molar-refractivity contribution is 0.414. The average Bonchev–Trinajstić information content (AvgIpc) is 2.91. The van der Waals surface area contributed by atoms with E-state index in [4.69, 9.17) is 9.72 Å². The van der Waals surface area contributed by atoms with E-state index in [1.807, 2.05) is 6.07 Å². The minimum Gasteiger partial charge on any atom is -0.497 e. The molecule has 0 amide bonds. The van der Waals surface area contributed by atoms with E-state index in [1.165, 1.54) is 46.5 Å². The first-order valence-electron chi connectivity index (χ1n) is 7.04. The number of hydrogen-bond acceptors (Lipinski definition) is 2. The van der Waals surface area contributed by atoms with Gasteiger partial charge in [0.25, 0.3) is 0 Å². The third-order valence-electron chi connectivity index (χ3n) is 4.36. The summed E-state index contributed by atoms with van der Waals surface area (Å²) in [6.45, 7) is 0. The van der Waals surface area contributed by atoms with Crippen LogP contribution >= 0.6 is 0 Å². The fourth-order valence-electron chi connectivity index (χ4n) is 3.35. The van der Waals surface area contributed by atoms with Gasteiger partial charge in [0.15, 0.2) is 0 Å². The van der Waals surface area contributed by atoms with Gasteiger partial charge < -0.3 is 4.74 Å². The third kappa shape index (κ3) is 1.66. The molecule has 0 aliphatic heterocycles. The maximum absolute atomic E-state index is 5.32. The summed E-state index contributed by atoms with van der Waals surface area (Å²) >= 11 is 0. The van der Waals surface area contributed by atoms with Crippen LogP contribution < -0.4 is 4.74 Å². The lowest BCUT2D eigenvalue weighted by atomic mass is 9.88. The molecule has 2 aliphatic rings. The molecule has 0 unspecified atom stereocenters. The largest absolute Gasteiger partial charge is 0.497 e. The van der Waals surface area contributed by atoms with Crippen molar-refractivity contribution in [2.75, 3.05) is 7.11 Å². The van der Waals surface area contributed by atoms with E-state index >= 15 is 0 Å². The quantitative estimate of drug-likeness (QED) is 0.775. The average molecular weight is 251 g/mol. The predicted molar refractivity (Wildman–Crippen MR) is 75.7 cm³/mol. The second-order valence-corrected chi connectivity index (χ2v) is 5.48. The summed E-state index contributed by atoms with van der Waals surface area (Å²) in [6, 6.07) is 8.77. The van der Waals surface area contributed by atoms with Gasteiger partial charge in [0.2, 0.25) is 0 Å². The molecule has 0 saturated heterocycles. The highest BCUT2D eigenvalue weighted by molar-refractivity contribution is 5.71. The Morgan fingerprint density at radius 2 is 1.84 bits per heavy atom. The third-order valence-corrected chi connectivity index (χ3v) is 4.36. The zero-order valence-electron chi connectivity index (χ0n) is 11.2. The number of rotatable bonds is 1. The molecular weight excluding hydrogens is 234 g/mol. The van der Waals surface area contributed by atoms with E-state index in [-0.39, 0.29) is 0 Å². The first-order chi connectivity index (χ1) is 9.35. The van der Waals surface area contributed by atoms with Crippen LogP contribution in [0, 0.1) is 0 Å². The lowest BCUT2D eigenvalue weighted by Gasteiger charge is -2.20. The molecule has 0 spiro atoms. The van der Waals surface area contributed by atoms with Crippen molar-refractivity contribution < 1.29 is 4.74 Å². The number of ether oxygens (including phenoxy) is 1. The van der Waals surface area contributed by atoms with Crippen LogP contribution in [0.3, 0.4) is 0 Å². The number of benzene rings is 1. The number of aromatic nitrogens is 1. The Hall–Kier alpha value is -1.83. The van der Waals surface area contributed by atoms with Gasteiger partial charge >= 0.3 is 0 Å². The van der Waals surface area contributed by atoms with Crippen LogP contribution in [-0.4, -0.2) is 12.1 Å². The summed E-state index contributed by atoms with van der Waals surface area (Å²) in [6.07, 6.45) is 5.83. The van der Waals surface area contributed by atoms with Gasteiger partial charge in [0.05, 0.1) is 12.8 Å². The summed E-state index contributed by atoms with van der Waals surface area (Å²) in [5.41, 5.74) is 8.12. The molecule has 2 aliphatic carbocycles. The van der Waals surface area contributed by atoms with Gasteiger partial charge in [-0.25, -0.2) is 0 Å². The molecule has 0 atom stereocenters. The second-order valence-electron chi connectivity index (χ2n) is 5.48. The predicted octanol–water partition coefficient (Wildman–Crippen LogP) is 3.34. The number of fused-ring (bicyclic) bond motifs is 4. The van der Waals surface area contributed by atoms with Crippen LogP contribution in [-0.2, 0) is 25.7 Å². The normalized spacial score (nSPS) is 15.6.